The van der Waals surface area contributed by atoms with Gasteiger partial charge in [0, 0.05) is 0 Å². The summed E-state index contributed by atoms with van der Waals surface area (Å²) in [7, 11) is 0. The maximum atomic E-state index is 12.6. The molecule has 1 aromatic carbocycles. The van der Waals surface area contributed by atoms with Gasteiger partial charge >= 0.3 is 12.4 Å². The average molecular weight is 355 g/mol. The van der Waals surface area contributed by atoms with Gasteiger partial charge in [0.05, 0.1) is 16.0 Å². The molecule has 1 heterocycles. The molecule has 2 rings (SSSR count). The van der Waals surface area contributed by atoms with Crippen LogP contribution in [-0.2, 0) is 12.4 Å². The smallest absolute Gasteiger partial charge is 0.379 e. The molecule has 0 aliphatic carbocycles. The normalized spacial score (nSPS) is 12.1. The summed E-state index contributed by atoms with van der Waals surface area (Å²) in [6.07, 6.45) is -9.98. The van der Waals surface area contributed by atoms with Crippen LogP contribution in [0.3, 0.4) is 0 Å². The number of nitrogens with one attached hydrogen (secondary N) is 1. The summed E-state index contributed by atoms with van der Waals surface area (Å²) < 4.78 is 75.9. The van der Waals surface area contributed by atoms with Crippen LogP contribution in [0.15, 0.2) is 35.7 Å². The van der Waals surface area contributed by atoms with Crippen molar-refractivity contribution in [3.63, 3.8) is 0 Å². The Balaban J connectivity index is 2.25. The van der Waals surface area contributed by atoms with Gasteiger partial charge in [-0.1, -0.05) is 6.07 Å². The lowest BCUT2D eigenvalue weighted by Crippen LogP contribution is -2.26. The van der Waals surface area contributed by atoms with Gasteiger partial charge in [-0.2, -0.15) is 31.8 Å². The monoisotopic (exact) mass is 355 g/mol. The van der Waals surface area contributed by atoms with E-state index in [4.69, 9.17) is 0 Å². The van der Waals surface area contributed by atoms with Gasteiger partial charge in [0.15, 0.2) is 5.75 Å². The highest BCUT2D eigenvalue weighted by Crippen LogP contribution is 2.38. The number of hydroxylamine groups is 1. The Morgan fingerprint density at radius 1 is 1.00 bits per heavy atom. The van der Waals surface area contributed by atoms with E-state index in [0.29, 0.717) is 12.1 Å². The minimum Gasteiger partial charge on any atom is -0.379 e. The Labute approximate surface area is 129 Å². The van der Waals surface area contributed by atoms with Crippen molar-refractivity contribution in [3.05, 3.63) is 51.7 Å². The topological polar surface area (TPSA) is 38.3 Å². The predicted octanol–water partition coefficient (Wildman–Crippen LogP) is 4.51. The van der Waals surface area contributed by atoms with Gasteiger partial charge in [-0.15, -0.1) is 11.3 Å². The maximum Gasteiger partial charge on any atom is 0.416 e. The number of rotatable bonds is 3. The van der Waals surface area contributed by atoms with E-state index >= 15 is 0 Å². The van der Waals surface area contributed by atoms with Gasteiger partial charge in [0.25, 0.3) is 5.91 Å². The van der Waals surface area contributed by atoms with Crippen LogP contribution in [0.4, 0.5) is 26.3 Å². The average Bonchev–Trinajstić information content (AvgIpc) is 2.96. The quantitative estimate of drug-likeness (QED) is 0.650. The molecular formula is C13H7F6NO2S. The molecule has 1 aromatic heterocycles. The molecule has 0 fully saturated rings. The van der Waals surface area contributed by atoms with Gasteiger partial charge in [-0.05, 0) is 29.6 Å². The molecule has 1 N–H and O–H groups in total. The van der Waals surface area contributed by atoms with Crippen molar-refractivity contribution < 1.29 is 36.0 Å². The molecule has 10 heteroatoms. The van der Waals surface area contributed by atoms with Crippen LogP contribution < -0.4 is 10.3 Å². The van der Waals surface area contributed by atoms with Crippen molar-refractivity contribution in [2.24, 2.45) is 0 Å². The summed E-state index contributed by atoms with van der Waals surface area (Å²) in [6, 6.07) is 3.66. The molecule has 0 aliphatic heterocycles. The molecule has 0 aliphatic rings. The van der Waals surface area contributed by atoms with Crippen LogP contribution in [0.1, 0.15) is 20.8 Å². The first-order valence-corrected chi connectivity index (χ1v) is 6.75. The third-order valence-corrected chi connectivity index (χ3v) is 3.44. The van der Waals surface area contributed by atoms with E-state index in [1.54, 1.807) is 16.9 Å². The Morgan fingerprint density at radius 3 is 2.00 bits per heavy atom. The van der Waals surface area contributed by atoms with Gasteiger partial charge in [-0.3, -0.25) is 4.79 Å². The summed E-state index contributed by atoms with van der Waals surface area (Å²) in [5, 5.41) is 1.57. The number of hydrogen-bond donors (Lipinski definition) is 1. The number of amides is 1. The number of alkyl halides is 6. The van der Waals surface area contributed by atoms with Crippen molar-refractivity contribution in [1.82, 2.24) is 5.48 Å². The van der Waals surface area contributed by atoms with Crippen LogP contribution >= 0.6 is 11.3 Å². The Kier molecular flexibility index (Phi) is 4.55. The molecule has 0 unspecified atom stereocenters. The molecule has 0 atom stereocenters. The van der Waals surface area contributed by atoms with Crippen molar-refractivity contribution >= 4 is 17.2 Å². The molecule has 3 nitrogen and oxygen atoms in total. The first-order valence-electron chi connectivity index (χ1n) is 5.87. The molecule has 23 heavy (non-hydrogen) atoms. The number of hydrogen-bond acceptors (Lipinski definition) is 3. The van der Waals surface area contributed by atoms with Gasteiger partial charge in [0.2, 0.25) is 0 Å². The van der Waals surface area contributed by atoms with Gasteiger partial charge in [-0.25, -0.2) is 0 Å². The van der Waals surface area contributed by atoms with Crippen LogP contribution in [-0.4, -0.2) is 5.91 Å². The molecule has 0 spiro atoms. The zero-order valence-corrected chi connectivity index (χ0v) is 11.8. The number of carbonyl (C=O) groups excluding carboxylic acids is 1. The summed E-state index contributed by atoms with van der Waals surface area (Å²) in [6.45, 7) is 0. The predicted molar refractivity (Wildman–Crippen MR) is 68.9 cm³/mol. The minimum absolute atomic E-state index is 0.0338. The second kappa shape index (κ2) is 6.11. The highest BCUT2D eigenvalue weighted by Gasteiger charge is 2.37. The molecule has 0 saturated heterocycles. The largest absolute Gasteiger partial charge is 0.416 e. The summed E-state index contributed by atoms with van der Waals surface area (Å²) in [4.78, 5) is 16.3. The second-order valence-electron chi connectivity index (χ2n) is 4.25. The van der Waals surface area contributed by atoms with E-state index in [0.717, 1.165) is 11.3 Å². The molecule has 0 bridgehead atoms. The van der Waals surface area contributed by atoms with Crippen molar-refractivity contribution in [1.29, 1.82) is 0 Å². The fourth-order valence-corrected chi connectivity index (χ4v) is 2.16. The maximum absolute atomic E-state index is 12.6. The number of benzene rings is 1. The summed E-state index contributed by atoms with van der Waals surface area (Å²) >= 11 is 1.03. The van der Waals surface area contributed by atoms with E-state index < -0.39 is 35.1 Å². The van der Waals surface area contributed by atoms with E-state index in [-0.39, 0.29) is 10.9 Å². The third-order valence-electron chi connectivity index (χ3n) is 2.57. The first-order chi connectivity index (χ1) is 10.6. The van der Waals surface area contributed by atoms with Crippen LogP contribution in [0.25, 0.3) is 0 Å². The fourth-order valence-electron chi connectivity index (χ4n) is 1.55. The lowest BCUT2D eigenvalue weighted by Gasteiger charge is -2.14. The van der Waals surface area contributed by atoms with Crippen molar-refractivity contribution in [2.75, 3.05) is 0 Å². The first kappa shape index (κ1) is 17.1. The standard InChI is InChI=1S/C13H7F6NO2S/c14-12(15,16)7-4-8(13(17,18)19)6-9(5-7)22-20-11(21)10-2-1-3-23-10/h1-6H,(H,20,21). The molecule has 0 saturated carbocycles. The highest BCUT2D eigenvalue weighted by atomic mass is 32.1. The summed E-state index contributed by atoms with van der Waals surface area (Å²) in [5.41, 5.74) is -1.27. The van der Waals surface area contributed by atoms with E-state index in [9.17, 15) is 31.1 Å². The van der Waals surface area contributed by atoms with Crippen LogP contribution in [0.5, 0.6) is 5.75 Å². The summed E-state index contributed by atoms with van der Waals surface area (Å²) in [5.74, 6) is -1.57. The van der Waals surface area contributed by atoms with E-state index in [1.807, 2.05) is 0 Å². The minimum atomic E-state index is -4.99. The van der Waals surface area contributed by atoms with Crippen LogP contribution in [0, 0.1) is 0 Å². The third kappa shape index (κ3) is 4.38. The number of thiophene rings is 1. The molecule has 124 valence electrons. The van der Waals surface area contributed by atoms with E-state index in [1.165, 1.54) is 6.07 Å². The van der Waals surface area contributed by atoms with Gasteiger partial charge in [0.1, 0.15) is 0 Å². The Bertz CT molecular complexity index is 661. The Hall–Kier alpha value is -2.23. The number of carbonyl (C=O) groups is 1. The molecular weight excluding hydrogens is 348 g/mol. The fraction of sp³-hybridized carbons (Fsp3) is 0.154. The lowest BCUT2D eigenvalue weighted by atomic mass is 10.1. The SMILES string of the molecule is O=C(NOc1cc(C(F)(F)F)cc(C(F)(F)F)c1)c1cccs1. The lowest BCUT2D eigenvalue weighted by molar-refractivity contribution is -0.143. The van der Waals surface area contributed by atoms with Gasteiger partial charge < -0.3 is 4.84 Å². The van der Waals surface area contributed by atoms with Crippen molar-refractivity contribution in [2.45, 2.75) is 12.4 Å². The molecule has 1 amide bonds. The zero-order chi connectivity index (χ0) is 17.3. The second-order valence-corrected chi connectivity index (χ2v) is 5.20. The van der Waals surface area contributed by atoms with Crippen molar-refractivity contribution in [3.8, 4) is 5.75 Å². The highest BCUT2D eigenvalue weighted by molar-refractivity contribution is 7.12. The molecule has 2 aromatic rings. The zero-order valence-electron chi connectivity index (χ0n) is 11.0. The number of halogens is 6. The Morgan fingerprint density at radius 2 is 1.57 bits per heavy atom. The van der Waals surface area contributed by atoms with E-state index in [2.05, 4.69) is 4.84 Å². The van der Waals surface area contributed by atoms with Crippen LogP contribution in [0.2, 0.25) is 0 Å². The molecule has 0 radical (unpaired) electrons.